The van der Waals surface area contributed by atoms with E-state index in [4.69, 9.17) is 0 Å². The minimum atomic E-state index is -0.202. The fraction of sp³-hybridized carbons (Fsp3) is 0.368. The molecule has 126 valence electrons. The van der Waals surface area contributed by atoms with Crippen LogP contribution in [-0.4, -0.2) is 52.0 Å². The second kappa shape index (κ2) is 7.45. The lowest BCUT2D eigenvalue weighted by molar-refractivity contribution is 0.0560. The van der Waals surface area contributed by atoms with Gasteiger partial charge in [0.1, 0.15) is 5.75 Å². The highest BCUT2D eigenvalue weighted by molar-refractivity contribution is 5.95. The summed E-state index contributed by atoms with van der Waals surface area (Å²) < 4.78 is 0. The Morgan fingerprint density at radius 3 is 2.58 bits per heavy atom. The number of piperidine rings is 1. The van der Waals surface area contributed by atoms with Gasteiger partial charge in [0.25, 0.3) is 5.91 Å². The molecule has 0 saturated carbocycles. The van der Waals surface area contributed by atoms with Crippen LogP contribution >= 0.6 is 0 Å². The SMILES string of the molecule is CN1CCC(N(Cc2ccccc2)C(=O)c2ncccc2O)CC1. The molecule has 1 aliphatic heterocycles. The molecule has 5 heteroatoms. The van der Waals surface area contributed by atoms with Crippen molar-refractivity contribution in [2.75, 3.05) is 20.1 Å². The van der Waals surface area contributed by atoms with Gasteiger partial charge in [0.05, 0.1) is 0 Å². The minimum absolute atomic E-state index is 0.0616. The van der Waals surface area contributed by atoms with Gasteiger partial charge in [-0.1, -0.05) is 30.3 Å². The van der Waals surface area contributed by atoms with E-state index in [-0.39, 0.29) is 23.4 Å². The van der Waals surface area contributed by atoms with E-state index >= 15 is 0 Å². The van der Waals surface area contributed by atoms with Gasteiger partial charge >= 0.3 is 0 Å². The second-order valence-electron chi connectivity index (χ2n) is 6.32. The number of likely N-dealkylation sites (tertiary alicyclic amines) is 1. The van der Waals surface area contributed by atoms with Crippen molar-refractivity contribution in [3.8, 4) is 5.75 Å². The van der Waals surface area contributed by atoms with E-state index in [0.29, 0.717) is 6.54 Å². The highest BCUT2D eigenvalue weighted by Crippen LogP contribution is 2.23. The van der Waals surface area contributed by atoms with Gasteiger partial charge < -0.3 is 14.9 Å². The Hall–Kier alpha value is -2.40. The van der Waals surface area contributed by atoms with E-state index in [2.05, 4.69) is 16.9 Å². The molecule has 0 aliphatic carbocycles. The summed E-state index contributed by atoms with van der Waals surface area (Å²) in [6.07, 6.45) is 3.41. The molecule has 1 fully saturated rings. The van der Waals surface area contributed by atoms with Crippen LogP contribution in [0.25, 0.3) is 0 Å². The highest BCUT2D eigenvalue weighted by atomic mass is 16.3. The molecule has 0 radical (unpaired) electrons. The molecule has 0 atom stereocenters. The van der Waals surface area contributed by atoms with Gasteiger partial charge in [-0.15, -0.1) is 0 Å². The molecule has 2 heterocycles. The maximum absolute atomic E-state index is 13.0. The molecule has 0 unspecified atom stereocenters. The van der Waals surface area contributed by atoms with Crippen molar-refractivity contribution in [1.29, 1.82) is 0 Å². The molecule has 2 aromatic rings. The molecule has 3 rings (SSSR count). The summed E-state index contributed by atoms with van der Waals surface area (Å²) in [6.45, 7) is 2.47. The van der Waals surface area contributed by atoms with Crippen LogP contribution in [0.2, 0.25) is 0 Å². The van der Waals surface area contributed by atoms with Crippen molar-refractivity contribution in [2.24, 2.45) is 0 Å². The highest BCUT2D eigenvalue weighted by Gasteiger charge is 2.29. The first-order chi connectivity index (χ1) is 11.6. The lowest BCUT2D eigenvalue weighted by atomic mass is 10.0. The molecule has 5 nitrogen and oxygen atoms in total. The Morgan fingerprint density at radius 2 is 1.92 bits per heavy atom. The minimum Gasteiger partial charge on any atom is -0.505 e. The molecule has 24 heavy (non-hydrogen) atoms. The number of hydrogen-bond acceptors (Lipinski definition) is 4. The number of benzene rings is 1. The predicted octanol–water partition coefficient (Wildman–Crippen LogP) is 2.52. The van der Waals surface area contributed by atoms with E-state index < -0.39 is 0 Å². The van der Waals surface area contributed by atoms with Gasteiger partial charge in [-0.3, -0.25) is 4.79 Å². The Kier molecular flexibility index (Phi) is 5.11. The number of aromatic hydroxyl groups is 1. The van der Waals surface area contributed by atoms with Crippen molar-refractivity contribution in [1.82, 2.24) is 14.8 Å². The van der Waals surface area contributed by atoms with Crippen LogP contribution < -0.4 is 0 Å². The van der Waals surface area contributed by atoms with Gasteiger partial charge in [0.15, 0.2) is 5.69 Å². The van der Waals surface area contributed by atoms with Crippen LogP contribution in [0.4, 0.5) is 0 Å². The zero-order chi connectivity index (χ0) is 16.9. The Balaban J connectivity index is 1.86. The van der Waals surface area contributed by atoms with E-state index in [1.807, 2.05) is 35.2 Å². The topological polar surface area (TPSA) is 56.7 Å². The monoisotopic (exact) mass is 325 g/mol. The van der Waals surface area contributed by atoms with Crippen molar-refractivity contribution in [3.63, 3.8) is 0 Å². The summed E-state index contributed by atoms with van der Waals surface area (Å²) in [5, 5.41) is 10.0. The molecule has 1 saturated heterocycles. The molecule has 0 spiro atoms. The maximum atomic E-state index is 13.0. The number of rotatable bonds is 4. The third-order valence-electron chi connectivity index (χ3n) is 4.57. The number of nitrogens with zero attached hydrogens (tertiary/aromatic N) is 3. The van der Waals surface area contributed by atoms with E-state index in [0.717, 1.165) is 31.5 Å². The number of carbonyl (C=O) groups excluding carboxylic acids is 1. The lowest BCUT2D eigenvalue weighted by Crippen LogP contribution is -2.46. The van der Waals surface area contributed by atoms with Crippen molar-refractivity contribution in [3.05, 3.63) is 59.9 Å². The van der Waals surface area contributed by atoms with Crippen LogP contribution in [-0.2, 0) is 6.54 Å². The van der Waals surface area contributed by atoms with Crippen molar-refractivity contribution < 1.29 is 9.90 Å². The number of amides is 1. The van der Waals surface area contributed by atoms with Gasteiger partial charge in [-0.2, -0.15) is 0 Å². The van der Waals surface area contributed by atoms with Crippen LogP contribution in [0, 0.1) is 0 Å². The molecular formula is C19H23N3O2. The van der Waals surface area contributed by atoms with E-state index in [1.54, 1.807) is 12.3 Å². The Morgan fingerprint density at radius 1 is 1.21 bits per heavy atom. The summed E-state index contributed by atoms with van der Waals surface area (Å²) in [4.78, 5) is 21.3. The molecule has 0 bridgehead atoms. The third-order valence-corrected chi connectivity index (χ3v) is 4.57. The second-order valence-corrected chi connectivity index (χ2v) is 6.32. The normalized spacial score (nSPS) is 16.0. The first-order valence-electron chi connectivity index (χ1n) is 8.32. The smallest absolute Gasteiger partial charge is 0.276 e. The van der Waals surface area contributed by atoms with Gasteiger partial charge in [-0.25, -0.2) is 4.98 Å². The summed E-state index contributed by atoms with van der Waals surface area (Å²) >= 11 is 0. The summed E-state index contributed by atoms with van der Waals surface area (Å²) in [6, 6.07) is 13.3. The number of carbonyl (C=O) groups is 1. The first kappa shape index (κ1) is 16.5. The Labute approximate surface area is 142 Å². The zero-order valence-electron chi connectivity index (χ0n) is 13.9. The zero-order valence-corrected chi connectivity index (χ0v) is 13.9. The predicted molar refractivity (Wildman–Crippen MR) is 92.7 cm³/mol. The summed E-state index contributed by atoms with van der Waals surface area (Å²) in [5.41, 5.74) is 1.22. The number of pyridine rings is 1. The molecule has 1 N–H and O–H groups in total. The Bertz CT molecular complexity index is 682. The largest absolute Gasteiger partial charge is 0.505 e. The average Bonchev–Trinajstić information content (AvgIpc) is 2.61. The van der Waals surface area contributed by atoms with Crippen LogP contribution in [0.5, 0.6) is 5.75 Å². The van der Waals surface area contributed by atoms with Crippen molar-refractivity contribution >= 4 is 5.91 Å². The maximum Gasteiger partial charge on any atom is 0.276 e. The van der Waals surface area contributed by atoms with E-state index in [1.165, 1.54) is 6.07 Å². The van der Waals surface area contributed by atoms with Gasteiger partial charge in [-0.05, 0) is 50.7 Å². The molecular weight excluding hydrogens is 302 g/mol. The van der Waals surface area contributed by atoms with Crippen molar-refractivity contribution in [2.45, 2.75) is 25.4 Å². The number of aromatic nitrogens is 1. The average molecular weight is 325 g/mol. The van der Waals surface area contributed by atoms with Crippen LogP contribution in [0.3, 0.4) is 0 Å². The van der Waals surface area contributed by atoms with E-state index in [9.17, 15) is 9.90 Å². The van der Waals surface area contributed by atoms with Crippen LogP contribution in [0.1, 0.15) is 28.9 Å². The fourth-order valence-corrected chi connectivity index (χ4v) is 3.15. The first-order valence-corrected chi connectivity index (χ1v) is 8.32. The third kappa shape index (κ3) is 3.74. The number of hydrogen-bond donors (Lipinski definition) is 1. The van der Waals surface area contributed by atoms with Gasteiger partial charge in [0, 0.05) is 18.8 Å². The van der Waals surface area contributed by atoms with Gasteiger partial charge in [0.2, 0.25) is 0 Å². The molecule has 1 aromatic heterocycles. The van der Waals surface area contributed by atoms with Crippen LogP contribution in [0.15, 0.2) is 48.7 Å². The molecule has 1 aromatic carbocycles. The standard InChI is InChI=1S/C19H23N3O2/c1-21-12-9-16(10-13-21)22(14-15-6-3-2-4-7-15)19(24)18-17(23)8-5-11-20-18/h2-8,11,16,23H,9-10,12-14H2,1H3. The summed E-state index contributed by atoms with van der Waals surface area (Å²) in [7, 11) is 2.10. The molecule has 1 amide bonds. The quantitative estimate of drug-likeness (QED) is 0.938. The lowest BCUT2D eigenvalue weighted by Gasteiger charge is -2.37. The summed E-state index contributed by atoms with van der Waals surface area (Å²) in [5.74, 6) is -0.264. The molecule has 1 aliphatic rings. The fourth-order valence-electron chi connectivity index (χ4n) is 3.15.